The number of nitrogens with zero attached hydrogens (tertiary/aromatic N) is 2. The lowest BCUT2D eigenvalue weighted by molar-refractivity contribution is -0.689. The van der Waals surface area contributed by atoms with E-state index < -0.39 is 0 Å². The number of hydroxylamine groups is 1. The Morgan fingerprint density at radius 1 is 1.21 bits per heavy atom. The molecule has 0 amide bonds. The van der Waals surface area contributed by atoms with E-state index >= 15 is 0 Å². The predicted molar refractivity (Wildman–Crippen MR) is 53.6 cm³/mol. The molecule has 14 heavy (non-hydrogen) atoms. The minimum atomic E-state index is 0.925. The molecule has 0 spiro atoms. The molecule has 0 aliphatic carbocycles. The normalized spacial score (nSPS) is 13.4. The highest BCUT2D eigenvalue weighted by atomic mass is 16.7. The predicted octanol–water partition coefficient (Wildman–Crippen LogP) is 1.31. The summed E-state index contributed by atoms with van der Waals surface area (Å²) >= 11 is 0. The summed E-state index contributed by atoms with van der Waals surface area (Å²) < 4.78 is 2.07. The summed E-state index contributed by atoms with van der Waals surface area (Å²) in [5.41, 5.74) is 2.32. The van der Waals surface area contributed by atoms with Crippen molar-refractivity contribution in [2.45, 2.75) is 6.92 Å². The van der Waals surface area contributed by atoms with Crippen molar-refractivity contribution in [3.63, 3.8) is 0 Å². The van der Waals surface area contributed by atoms with E-state index in [9.17, 15) is 0 Å². The van der Waals surface area contributed by atoms with Gasteiger partial charge in [-0.1, -0.05) is 6.07 Å². The largest absolute Gasteiger partial charge is 0.325 e. The van der Waals surface area contributed by atoms with E-state index in [-0.39, 0.29) is 0 Å². The number of hydrogen-bond donors (Lipinski definition) is 0. The molecule has 1 aliphatic heterocycles. The number of pyridine rings is 1. The Morgan fingerprint density at radius 2 is 2.07 bits per heavy atom. The van der Waals surface area contributed by atoms with Crippen molar-refractivity contribution in [1.82, 2.24) is 0 Å². The van der Waals surface area contributed by atoms with Crippen LogP contribution in [0.1, 0.15) is 5.69 Å². The molecule has 0 unspecified atom stereocenters. The van der Waals surface area contributed by atoms with Gasteiger partial charge in [-0.2, -0.15) is 0 Å². The smallest absolute Gasteiger partial charge is 0.291 e. The molecule has 3 rings (SSSR count). The van der Waals surface area contributed by atoms with Gasteiger partial charge in [0.25, 0.3) is 5.52 Å². The van der Waals surface area contributed by atoms with Crippen LogP contribution < -0.4 is 14.7 Å². The third-order valence-electron chi connectivity index (χ3n) is 2.59. The standard InChI is InChI=1S/C11H11N2O/c1-8-6-7-9-4-3-5-10-11(9)13(8)12(2)14-10/h3-7H,1-2H3/q+1. The molecule has 3 heteroatoms. The first-order chi connectivity index (χ1) is 6.77. The molecule has 1 aliphatic rings. The van der Waals surface area contributed by atoms with Crippen LogP contribution >= 0.6 is 0 Å². The Bertz CT molecular complexity index is 522. The second-order valence-corrected chi connectivity index (χ2v) is 3.54. The summed E-state index contributed by atoms with van der Waals surface area (Å²) in [7, 11) is 1.91. The lowest BCUT2D eigenvalue weighted by atomic mass is 10.2. The van der Waals surface area contributed by atoms with Crippen LogP contribution in [0.3, 0.4) is 0 Å². The monoisotopic (exact) mass is 187 g/mol. The molecule has 2 heterocycles. The first-order valence-corrected chi connectivity index (χ1v) is 4.64. The summed E-state index contributed by atoms with van der Waals surface area (Å²) in [6.07, 6.45) is 0. The molecule has 70 valence electrons. The van der Waals surface area contributed by atoms with Crippen LogP contribution in [0, 0.1) is 6.92 Å². The number of rotatable bonds is 0. The lowest BCUT2D eigenvalue weighted by Crippen LogP contribution is -2.55. The van der Waals surface area contributed by atoms with Crippen LogP contribution in [-0.4, -0.2) is 7.05 Å². The molecule has 2 aromatic rings. The van der Waals surface area contributed by atoms with Crippen molar-refractivity contribution in [2.24, 2.45) is 0 Å². The van der Waals surface area contributed by atoms with E-state index in [1.807, 2.05) is 19.2 Å². The fraction of sp³-hybridized carbons (Fsp3) is 0.182. The van der Waals surface area contributed by atoms with Gasteiger partial charge >= 0.3 is 0 Å². The SMILES string of the molecule is Cc1ccc2cccc3c2[n+]1N(C)O3. The van der Waals surface area contributed by atoms with Crippen molar-refractivity contribution in [2.75, 3.05) is 12.2 Å². The number of para-hydroxylation sites is 1. The third kappa shape index (κ3) is 0.789. The highest BCUT2D eigenvalue weighted by Crippen LogP contribution is 2.26. The van der Waals surface area contributed by atoms with Crippen LogP contribution in [0.2, 0.25) is 0 Å². The zero-order valence-electron chi connectivity index (χ0n) is 8.19. The molecule has 1 aromatic carbocycles. The summed E-state index contributed by atoms with van der Waals surface area (Å²) in [5, 5.41) is 2.96. The van der Waals surface area contributed by atoms with Gasteiger partial charge in [0.15, 0.2) is 0 Å². The third-order valence-corrected chi connectivity index (χ3v) is 2.59. The summed E-state index contributed by atoms with van der Waals surface area (Å²) in [5.74, 6) is 0.925. The number of aromatic nitrogens is 1. The van der Waals surface area contributed by atoms with Crippen molar-refractivity contribution in [3.05, 3.63) is 36.0 Å². The van der Waals surface area contributed by atoms with E-state index in [1.54, 1.807) is 5.17 Å². The number of aryl methyl sites for hydroxylation is 1. The van der Waals surface area contributed by atoms with Gasteiger partial charge in [-0.3, -0.25) is 0 Å². The maximum atomic E-state index is 5.60. The van der Waals surface area contributed by atoms with Crippen LogP contribution in [-0.2, 0) is 0 Å². The van der Waals surface area contributed by atoms with Crippen LogP contribution in [0.25, 0.3) is 10.9 Å². The average molecular weight is 187 g/mol. The van der Waals surface area contributed by atoms with Crippen molar-refractivity contribution >= 4 is 10.9 Å². The quantitative estimate of drug-likeness (QED) is 0.578. The van der Waals surface area contributed by atoms with Crippen LogP contribution in [0.5, 0.6) is 5.75 Å². The molecule has 0 atom stereocenters. The molecule has 0 saturated carbocycles. The zero-order chi connectivity index (χ0) is 9.71. The van der Waals surface area contributed by atoms with Crippen molar-refractivity contribution < 1.29 is 9.51 Å². The van der Waals surface area contributed by atoms with Gasteiger partial charge in [-0.25, -0.2) is 0 Å². The van der Waals surface area contributed by atoms with Gasteiger partial charge < -0.3 is 4.84 Å². The van der Waals surface area contributed by atoms with E-state index in [0.717, 1.165) is 11.3 Å². The molecule has 0 radical (unpaired) electrons. The van der Waals surface area contributed by atoms with E-state index in [4.69, 9.17) is 4.84 Å². The Hall–Kier alpha value is -1.77. The van der Waals surface area contributed by atoms with E-state index in [1.165, 1.54) is 11.1 Å². The lowest BCUT2D eigenvalue weighted by Gasteiger charge is -2.03. The molecule has 0 saturated heterocycles. The maximum absolute atomic E-state index is 5.60. The second kappa shape index (κ2) is 2.38. The van der Waals surface area contributed by atoms with Gasteiger partial charge in [0.1, 0.15) is 7.05 Å². The minimum Gasteiger partial charge on any atom is -0.325 e. The van der Waals surface area contributed by atoms with Gasteiger partial charge in [-0.05, 0) is 28.0 Å². The molecule has 3 nitrogen and oxygen atoms in total. The number of hydrogen-bond acceptors (Lipinski definition) is 2. The summed E-state index contributed by atoms with van der Waals surface area (Å²) in [6, 6.07) is 10.3. The van der Waals surface area contributed by atoms with E-state index in [0.29, 0.717) is 0 Å². The Morgan fingerprint density at radius 3 is 2.93 bits per heavy atom. The molecule has 0 N–H and O–H groups in total. The minimum absolute atomic E-state index is 0.925. The van der Waals surface area contributed by atoms with Crippen molar-refractivity contribution in [1.29, 1.82) is 0 Å². The fourth-order valence-electron chi connectivity index (χ4n) is 1.98. The Balaban J connectivity index is 2.53. The Kier molecular flexibility index (Phi) is 1.29. The second-order valence-electron chi connectivity index (χ2n) is 3.54. The average Bonchev–Trinajstić information content (AvgIpc) is 2.51. The topological polar surface area (TPSA) is 16.4 Å². The van der Waals surface area contributed by atoms with Crippen molar-refractivity contribution in [3.8, 4) is 5.75 Å². The van der Waals surface area contributed by atoms with Gasteiger partial charge in [-0.15, -0.1) is 0 Å². The van der Waals surface area contributed by atoms with Crippen LogP contribution in [0.4, 0.5) is 0 Å². The number of benzene rings is 1. The molecule has 0 bridgehead atoms. The maximum Gasteiger partial charge on any atom is 0.291 e. The summed E-state index contributed by atoms with van der Waals surface area (Å²) in [4.78, 5) is 5.60. The molecule has 0 fully saturated rings. The zero-order valence-corrected chi connectivity index (χ0v) is 8.19. The molecular formula is C11H11N2O+. The van der Waals surface area contributed by atoms with Crippen LogP contribution in [0.15, 0.2) is 30.3 Å². The first-order valence-electron chi connectivity index (χ1n) is 4.64. The highest BCUT2D eigenvalue weighted by Gasteiger charge is 2.30. The van der Waals surface area contributed by atoms with Gasteiger partial charge in [0, 0.05) is 13.0 Å². The van der Waals surface area contributed by atoms with Gasteiger partial charge in [0.2, 0.25) is 11.4 Å². The molecular weight excluding hydrogens is 176 g/mol. The van der Waals surface area contributed by atoms with Gasteiger partial charge in [0.05, 0.1) is 5.39 Å². The Labute approximate surface area is 82.1 Å². The fourth-order valence-corrected chi connectivity index (χ4v) is 1.98. The highest BCUT2D eigenvalue weighted by molar-refractivity contribution is 5.82. The first kappa shape index (κ1) is 7.62. The van der Waals surface area contributed by atoms with E-state index in [2.05, 4.69) is 29.8 Å². The molecule has 1 aromatic heterocycles. The summed E-state index contributed by atoms with van der Waals surface area (Å²) in [6.45, 7) is 2.07.